The first kappa shape index (κ1) is 27.7. The van der Waals surface area contributed by atoms with Crippen molar-refractivity contribution in [2.75, 3.05) is 26.8 Å². The van der Waals surface area contributed by atoms with Gasteiger partial charge in [-0.15, -0.1) is 0 Å². The molecule has 8 heteroatoms. The van der Waals surface area contributed by atoms with Crippen molar-refractivity contribution >= 4 is 25.2 Å². The van der Waals surface area contributed by atoms with Crippen LogP contribution in [0.1, 0.15) is 27.2 Å². The molecule has 0 spiro atoms. The molecular formula is C28H41N3O4Si. The fourth-order valence-electron chi connectivity index (χ4n) is 3.70. The van der Waals surface area contributed by atoms with Crippen molar-refractivity contribution in [1.29, 1.82) is 0 Å². The quantitative estimate of drug-likeness (QED) is 0.213. The summed E-state index contributed by atoms with van der Waals surface area (Å²) < 4.78 is 19.8. The van der Waals surface area contributed by atoms with Crippen molar-refractivity contribution in [2.24, 2.45) is 0 Å². The number of fused-ring (bicyclic) bond motifs is 1. The highest BCUT2D eigenvalue weighted by Crippen LogP contribution is 2.36. The van der Waals surface area contributed by atoms with E-state index in [1.54, 1.807) is 18.1 Å². The minimum atomic E-state index is -1.15. The van der Waals surface area contributed by atoms with E-state index in [0.717, 1.165) is 40.6 Å². The van der Waals surface area contributed by atoms with E-state index >= 15 is 0 Å². The molecule has 2 heterocycles. The van der Waals surface area contributed by atoms with E-state index < -0.39 is 13.7 Å². The molecule has 0 radical (unpaired) electrons. The molecule has 2 aromatic heterocycles. The zero-order valence-electron chi connectivity index (χ0n) is 22.8. The summed E-state index contributed by atoms with van der Waals surface area (Å²) in [7, 11) is 0.591. The Bertz CT molecular complexity index is 1130. The van der Waals surface area contributed by atoms with Crippen LogP contribution in [-0.4, -0.2) is 61.0 Å². The molecular weight excluding hydrogens is 470 g/mol. The number of hydrogen-bond donors (Lipinski definition) is 0. The van der Waals surface area contributed by atoms with Crippen molar-refractivity contribution in [3.63, 3.8) is 0 Å². The van der Waals surface area contributed by atoms with Gasteiger partial charge in [-0.1, -0.05) is 50.0 Å². The SMILES string of the molecule is CN(CCCOc1ccnc2c1c(-c1ccccc1)cn2COCC[Si](C)(C)C)C(=O)OC(C)(C)C. The van der Waals surface area contributed by atoms with Gasteiger partial charge in [0.25, 0.3) is 0 Å². The summed E-state index contributed by atoms with van der Waals surface area (Å²) in [6.45, 7) is 14.9. The Hall–Kier alpha value is -2.84. The minimum Gasteiger partial charge on any atom is -0.493 e. The standard InChI is InChI=1S/C28H41N3O4Si/c1-28(2,3)35-27(32)30(4)16-11-17-34-24-14-15-29-26-25(24)23(22-12-9-8-10-13-22)20-31(26)21-33-18-19-36(5,6)7/h8-10,12-15,20H,11,16-19,21H2,1-7H3. The second kappa shape index (κ2) is 11.9. The number of rotatable bonds is 11. The number of carbonyl (C=O) groups excluding carboxylic acids is 1. The molecule has 0 unspecified atom stereocenters. The third-order valence-corrected chi connectivity index (χ3v) is 7.34. The summed E-state index contributed by atoms with van der Waals surface area (Å²) in [5.74, 6) is 0.777. The third kappa shape index (κ3) is 8.10. The Morgan fingerprint density at radius 3 is 2.47 bits per heavy atom. The number of benzene rings is 1. The van der Waals surface area contributed by atoms with E-state index in [4.69, 9.17) is 14.2 Å². The van der Waals surface area contributed by atoms with E-state index in [-0.39, 0.29) is 6.09 Å². The van der Waals surface area contributed by atoms with Crippen LogP contribution in [0.3, 0.4) is 0 Å². The average Bonchev–Trinajstić information content (AvgIpc) is 3.17. The lowest BCUT2D eigenvalue weighted by atomic mass is 10.1. The summed E-state index contributed by atoms with van der Waals surface area (Å²) in [4.78, 5) is 18.5. The van der Waals surface area contributed by atoms with Crippen molar-refractivity contribution < 1.29 is 19.0 Å². The highest BCUT2D eigenvalue weighted by Gasteiger charge is 2.20. The van der Waals surface area contributed by atoms with Crippen LogP contribution in [0, 0.1) is 0 Å². The Balaban J connectivity index is 1.74. The molecule has 0 aliphatic carbocycles. The van der Waals surface area contributed by atoms with Gasteiger partial charge in [0, 0.05) is 46.2 Å². The van der Waals surface area contributed by atoms with Crippen molar-refractivity contribution in [1.82, 2.24) is 14.5 Å². The Labute approximate surface area is 216 Å². The van der Waals surface area contributed by atoms with Gasteiger partial charge >= 0.3 is 6.09 Å². The highest BCUT2D eigenvalue weighted by molar-refractivity contribution is 6.76. The van der Waals surface area contributed by atoms with Crippen LogP contribution in [0.5, 0.6) is 5.75 Å². The van der Waals surface area contributed by atoms with Gasteiger partial charge in [0.1, 0.15) is 23.7 Å². The van der Waals surface area contributed by atoms with Gasteiger partial charge in [-0.25, -0.2) is 9.78 Å². The molecule has 0 fully saturated rings. The fraction of sp³-hybridized carbons (Fsp3) is 0.500. The Morgan fingerprint density at radius 2 is 1.81 bits per heavy atom. The molecule has 7 nitrogen and oxygen atoms in total. The molecule has 0 atom stereocenters. The molecule has 196 valence electrons. The first-order valence-corrected chi connectivity index (χ1v) is 16.3. The molecule has 0 saturated carbocycles. The second-order valence-corrected chi connectivity index (χ2v) is 17.0. The van der Waals surface area contributed by atoms with Gasteiger partial charge < -0.3 is 23.7 Å². The predicted octanol–water partition coefficient (Wildman–Crippen LogP) is 6.65. The van der Waals surface area contributed by atoms with Gasteiger partial charge in [0.05, 0.1) is 12.0 Å². The molecule has 0 aliphatic rings. The van der Waals surface area contributed by atoms with Gasteiger partial charge in [0.15, 0.2) is 0 Å². The van der Waals surface area contributed by atoms with Crippen LogP contribution in [0.15, 0.2) is 48.8 Å². The van der Waals surface area contributed by atoms with Crippen LogP contribution >= 0.6 is 0 Å². The smallest absolute Gasteiger partial charge is 0.410 e. The molecule has 3 aromatic rings. The monoisotopic (exact) mass is 511 g/mol. The van der Waals surface area contributed by atoms with E-state index in [1.807, 2.05) is 45.0 Å². The predicted molar refractivity (Wildman–Crippen MR) is 148 cm³/mol. The van der Waals surface area contributed by atoms with Crippen LogP contribution < -0.4 is 4.74 Å². The molecule has 36 heavy (non-hydrogen) atoms. The minimum absolute atomic E-state index is 0.327. The molecule has 0 N–H and O–H groups in total. The van der Waals surface area contributed by atoms with Gasteiger partial charge in [0.2, 0.25) is 0 Å². The number of carbonyl (C=O) groups is 1. The largest absolute Gasteiger partial charge is 0.493 e. The van der Waals surface area contributed by atoms with Crippen molar-refractivity contribution in [3.8, 4) is 16.9 Å². The number of pyridine rings is 1. The summed E-state index contributed by atoms with van der Waals surface area (Å²) >= 11 is 0. The Kier molecular flexibility index (Phi) is 9.19. The zero-order chi connectivity index (χ0) is 26.3. The average molecular weight is 512 g/mol. The van der Waals surface area contributed by atoms with E-state index in [1.165, 1.54) is 0 Å². The van der Waals surface area contributed by atoms with E-state index in [0.29, 0.717) is 26.3 Å². The maximum Gasteiger partial charge on any atom is 0.410 e. The van der Waals surface area contributed by atoms with Crippen LogP contribution in [0.25, 0.3) is 22.2 Å². The molecule has 1 aromatic carbocycles. The Morgan fingerprint density at radius 1 is 1.08 bits per heavy atom. The maximum atomic E-state index is 12.2. The zero-order valence-corrected chi connectivity index (χ0v) is 23.8. The van der Waals surface area contributed by atoms with E-state index in [9.17, 15) is 4.79 Å². The van der Waals surface area contributed by atoms with Gasteiger partial charge in [-0.3, -0.25) is 0 Å². The summed E-state index contributed by atoms with van der Waals surface area (Å²) in [5.41, 5.74) is 2.49. The van der Waals surface area contributed by atoms with Crippen molar-refractivity contribution in [2.45, 2.75) is 65.2 Å². The van der Waals surface area contributed by atoms with Gasteiger partial charge in [-0.2, -0.15) is 0 Å². The van der Waals surface area contributed by atoms with Crippen LogP contribution in [-0.2, 0) is 16.2 Å². The number of aromatic nitrogens is 2. The summed E-state index contributed by atoms with van der Waals surface area (Å²) in [5, 5.41) is 0.970. The van der Waals surface area contributed by atoms with E-state index in [2.05, 4.69) is 47.5 Å². The fourth-order valence-corrected chi connectivity index (χ4v) is 4.45. The normalized spacial score (nSPS) is 12.1. The number of nitrogens with zero attached hydrogens (tertiary/aromatic N) is 3. The first-order chi connectivity index (χ1) is 16.9. The highest BCUT2D eigenvalue weighted by atomic mass is 28.3. The number of amides is 1. The number of ether oxygens (including phenoxy) is 3. The maximum absolute atomic E-state index is 12.2. The van der Waals surface area contributed by atoms with Crippen molar-refractivity contribution in [3.05, 3.63) is 48.8 Å². The van der Waals surface area contributed by atoms with Gasteiger partial charge in [-0.05, 0) is 44.9 Å². The molecule has 0 bridgehead atoms. The lowest BCUT2D eigenvalue weighted by Gasteiger charge is -2.24. The summed E-state index contributed by atoms with van der Waals surface area (Å²) in [6, 6.07) is 13.3. The second-order valence-electron chi connectivity index (χ2n) is 11.3. The molecule has 0 aliphatic heterocycles. The lowest BCUT2D eigenvalue weighted by Crippen LogP contribution is -2.35. The molecule has 1 amide bonds. The van der Waals surface area contributed by atoms with Crippen LogP contribution in [0.4, 0.5) is 4.79 Å². The summed E-state index contributed by atoms with van der Waals surface area (Å²) in [6.07, 6.45) is 4.23. The topological polar surface area (TPSA) is 65.8 Å². The molecule has 0 saturated heterocycles. The number of hydrogen-bond acceptors (Lipinski definition) is 5. The lowest BCUT2D eigenvalue weighted by molar-refractivity contribution is 0.0292. The third-order valence-electron chi connectivity index (χ3n) is 5.63. The van der Waals surface area contributed by atoms with Crippen LogP contribution in [0.2, 0.25) is 25.7 Å². The first-order valence-electron chi connectivity index (χ1n) is 12.6. The molecule has 3 rings (SSSR count).